The summed E-state index contributed by atoms with van der Waals surface area (Å²) in [5.74, 6) is 0.0659. The first-order chi connectivity index (χ1) is 17.7. The normalized spacial score (nSPS) is 9.95. The van der Waals surface area contributed by atoms with Crippen molar-refractivity contribution in [2.24, 2.45) is 10.7 Å². The number of rotatable bonds is 6. The maximum absolute atomic E-state index is 11.8. The number of halogens is 2. The lowest BCUT2D eigenvalue weighted by molar-refractivity contribution is -0.0417. The van der Waals surface area contributed by atoms with Gasteiger partial charge in [0.25, 0.3) is 0 Å². The van der Waals surface area contributed by atoms with Gasteiger partial charge in [-0.1, -0.05) is 107 Å². The van der Waals surface area contributed by atoms with E-state index in [9.17, 15) is 4.53 Å². The molecule has 200 valence electrons. The summed E-state index contributed by atoms with van der Waals surface area (Å²) < 4.78 is 11.8. The molecule has 0 heterocycles. The summed E-state index contributed by atoms with van der Waals surface area (Å²) in [5.41, 5.74) is 13.9. The zero-order valence-electron chi connectivity index (χ0n) is 23.6. The largest absolute Gasteiger partial charge is 0.399 e. The van der Waals surface area contributed by atoms with Crippen LogP contribution in [0, 0.1) is 13.8 Å². The summed E-state index contributed by atoms with van der Waals surface area (Å²) >= 11 is 6.15. The molecule has 0 atom stereocenters. The summed E-state index contributed by atoms with van der Waals surface area (Å²) in [7, 11) is 0. The fraction of sp³-hybridized carbons (Fsp3) is 0.281. The van der Waals surface area contributed by atoms with Gasteiger partial charge in [-0.2, -0.15) is 0 Å². The first-order valence-corrected chi connectivity index (χ1v) is 13.0. The van der Waals surface area contributed by atoms with E-state index in [1.165, 1.54) is 0 Å². The molecule has 0 bridgehead atoms. The van der Waals surface area contributed by atoms with E-state index < -0.39 is 0 Å². The van der Waals surface area contributed by atoms with Gasteiger partial charge in [0.2, 0.25) is 0 Å². The molecule has 3 nitrogen and oxygen atoms in total. The fourth-order valence-corrected chi connectivity index (χ4v) is 3.53. The average molecular weight is 525 g/mol. The third kappa shape index (κ3) is 10.6. The summed E-state index contributed by atoms with van der Waals surface area (Å²) in [6.07, 6.45) is 0.835. The number of nitrogens with zero attached hydrogens (tertiary/aromatic N) is 1. The van der Waals surface area contributed by atoms with E-state index in [-0.39, 0.29) is 5.76 Å². The van der Waals surface area contributed by atoms with Crippen LogP contribution >= 0.6 is 11.6 Å². The van der Waals surface area contributed by atoms with E-state index in [0.29, 0.717) is 10.7 Å². The van der Waals surface area contributed by atoms with Crippen LogP contribution in [0.25, 0.3) is 11.5 Å². The molecule has 3 aromatic carbocycles. The average Bonchev–Trinajstić information content (AvgIpc) is 2.93. The highest BCUT2D eigenvalue weighted by Crippen LogP contribution is 2.32. The Morgan fingerprint density at radius 2 is 1.54 bits per heavy atom. The van der Waals surface area contributed by atoms with E-state index in [1.54, 1.807) is 0 Å². The Morgan fingerprint density at radius 3 is 2.05 bits per heavy atom. The van der Waals surface area contributed by atoms with Gasteiger partial charge >= 0.3 is 0 Å². The van der Waals surface area contributed by atoms with Gasteiger partial charge in [-0.25, -0.2) is 0 Å². The molecule has 0 aromatic heterocycles. The second-order valence-corrected chi connectivity index (χ2v) is 8.16. The summed E-state index contributed by atoms with van der Waals surface area (Å²) in [5, 5.41) is 0.657. The molecule has 37 heavy (non-hydrogen) atoms. The van der Waals surface area contributed by atoms with E-state index in [0.717, 1.165) is 51.2 Å². The van der Waals surface area contributed by atoms with Gasteiger partial charge in [0.05, 0.1) is 5.69 Å². The van der Waals surface area contributed by atoms with Crippen molar-refractivity contribution < 1.29 is 9.47 Å². The van der Waals surface area contributed by atoms with Crippen molar-refractivity contribution in [2.45, 2.75) is 61.8 Å². The molecule has 0 spiro atoms. The fourth-order valence-electron chi connectivity index (χ4n) is 3.29. The van der Waals surface area contributed by atoms with Gasteiger partial charge in [0.15, 0.2) is 5.76 Å². The molecule has 0 amide bonds. The minimum atomic E-state index is 0.0659. The van der Waals surface area contributed by atoms with Crippen molar-refractivity contribution >= 4 is 34.5 Å². The summed E-state index contributed by atoms with van der Waals surface area (Å²) in [6.45, 7) is 23.2. The number of aryl methyl sites for hydroxylation is 3. The SMILES string of the molecule is C=C(N)c1cc(Cl)cc(CC)c1N=C(C)c1ccccc1.C=C(OF)c1cc(C)ccc1C.CC.CC. The molecule has 3 aromatic rings. The van der Waals surface area contributed by atoms with Crippen molar-refractivity contribution in [2.75, 3.05) is 0 Å². The Bertz CT molecular complexity index is 1170. The molecule has 0 aliphatic carbocycles. The molecule has 0 aliphatic rings. The third-order valence-electron chi connectivity index (χ3n) is 5.14. The molecule has 0 fully saturated rings. The number of hydrogen-bond donors (Lipinski definition) is 1. The van der Waals surface area contributed by atoms with Gasteiger partial charge < -0.3 is 5.73 Å². The van der Waals surface area contributed by atoms with Crippen molar-refractivity contribution in [3.8, 4) is 0 Å². The molecule has 0 unspecified atom stereocenters. The molecule has 5 heteroatoms. The van der Waals surface area contributed by atoms with E-state index >= 15 is 0 Å². The molecule has 0 radical (unpaired) electrons. The van der Waals surface area contributed by atoms with Crippen molar-refractivity contribution in [3.63, 3.8) is 0 Å². The highest BCUT2D eigenvalue weighted by Gasteiger charge is 2.11. The van der Waals surface area contributed by atoms with Crippen LogP contribution in [-0.4, -0.2) is 5.71 Å². The topological polar surface area (TPSA) is 47.6 Å². The van der Waals surface area contributed by atoms with Crippen LogP contribution < -0.4 is 5.73 Å². The summed E-state index contributed by atoms with van der Waals surface area (Å²) in [6, 6.07) is 19.5. The monoisotopic (exact) mass is 524 g/mol. The molecule has 0 saturated carbocycles. The summed E-state index contributed by atoms with van der Waals surface area (Å²) in [4.78, 5) is 8.36. The minimum Gasteiger partial charge on any atom is -0.399 e. The Hall–Kier alpha value is -3.37. The number of benzene rings is 3. The van der Waals surface area contributed by atoms with E-state index in [1.807, 2.05) is 109 Å². The quantitative estimate of drug-likeness (QED) is 0.257. The zero-order chi connectivity index (χ0) is 28.5. The van der Waals surface area contributed by atoms with Gasteiger partial charge in [0.1, 0.15) is 0 Å². The van der Waals surface area contributed by atoms with Crippen LogP contribution in [0.15, 0.2) is 78.8 Å². The van der Waals surface area contributed by atoms with Crippen molar-refractivity contribution in [1.82, 2.24) is 0 Å². The Kier molecular flexibility index (Phi) is 16.3. The molecule has 0 saturated heterocycles. The minimum absolute atomic E-state index is 0.0659. The first kappa shape index (κ1) is 33.6. The lowest BCUT2D eigenvalue weighted by Crippen LogP contribution is -2.00. The lowest BCUT2D eigenvalue weighted by Gasteiger charge is -2.12. The van der Waals surface area contributed by atoms with Crippen molar-refractivity contribution in [1.29, 1.82) is 0 Å². The van der Waals surface area contributed by atoms with Gasteiger partial charge in [-0.3, -0.25) is 9.93 Å². The highest BCUT2D eigenvalue weighted by atomic mass is 35.5. The molecular formula is C32H42ClFN2O. The second kappa shape index (κ2) is 18.0. The van der Waals surface area contributed by atoms with Crippen LogP contribution in [-0.2, 0) is 11.4 Å². The van der Waals surface area contributed by atoms with Crippen molar-refractivity contribution in [3.05, 3.63) is 112 Å². The molecule has 3 rings (SSSR count). The molecular weight excluding hydrogens is 483 g/mol. The van der Waals surface area contributed by atoms with Gasteiger partial charge in [-0.05, 0) is 62.1 Å². The standard InChI is InChI=1S/C18H19ClN2.C10H11FO.2C2H6/c1-4-14-10-16(19)11-17(12(2)20)18(14)21-13(3)15-8-6-5-7-9-15;1-7-4-5-8(2)10(6-7)9(3)12-11;2*1-2/h5-11H,2,4,20H2,1,3H3;4-6H,3H2,1-2H3;2*1-2H3. The van der Waals surface area contributed by atoms with Crippen LogP contribution in [0.2, 0.25) is 5.02 Å². The number of nitrogens with two attached hydrogens (primary N) is 1. The third-order valence-corrected chi connectivity index (χ3v) is 5.36. The highest BCUT2D eigenvalue weighted by molar-refractivity contribution is 6.31. The van der Waals surface area contributed by atoms with E-state index in [2.05, 4.69) is 25.0 Å². The first-order valence-electron chi connectivity index (χ1n) is 12.6. The molecule has 0 aliphatic heterocycles. The number of hydrogen-bond acceptors (Lipinski definition) is 3. The van der Waals surface area contributed by atoms with Crippen LogP contribution in [0.4, 0.5) is 10.2 Å². The number of aliphatic imine (C=N–C) groups is 1. The Labute approximate surface area is 228 Å². The smallest absolute Gasteiger partial charge is 0.172 e. The maximum atomic E-state index is 11.8. The Morgan fingerprint density at radius 1 is 0.946 bits per heavy atom. The van der Waals surface area contributed by atoms with Crippen LogP contribution in [0.3, 0.4) is 0 Å². The van der Waals surface area contributed by atoms with Gasteiger partial charge in [0, 0.05) is 32.1 Å². The molecule has 2 N–H and O–H groups in total. The second-order valence-electron chi connectivity index (χ2n) is 7.72. The maximum Gasteiger partial charge on any atom is 0.172 e. The predicted molar refractivity (Wildman–Crippen MR) is 162 cm³/mol. The van der Waals surface area contributed by atoms with Gasteiger partial charge in [-0.15, -0.1) is 0 Å². The van der Waals surface area contributed by atoms with Crippen LogP contribution in [0.5, 0.6) is 0 Å². The van der Waals surface area contributed by atoms with E-state index in [4.69, 9.17) is 22.3 Å². The lowest BCUT2D eigenvalue weighted by atomic mass is 10.0. The van der Waals surface area contributed by atoms with Crippen LogP contribution in [0.1, 0.15) is 74.9 Å². The zero-order valence-corrected chi connectivity index (χ0v) is 24.3. The Balaban J connectivity index is 0.000000688. The predicted octanol–water partition coefficient (Wildman–Crippen LogP) is 10.2.